The highest BCUT2D eigenvalue weighted by Gasteiger charge is 2.00. The third-order valence-corrected chi connectivity index (χ3v) is 1.81. The molecule has 0 aromatic heterocycles. The molecule has 0 radical (unpaired) electrons. The van der Waals surface area contributed by atoms with Crippen molar-refractivity contribution in [3.63, 3.8) is 0 Å². The molecule has 13 heavy (non-hydrogen) atoms. The van der Waals surface area contributed by atoms with Gasteiger partial charge in [0.25, 0.3) is 0 Å². The van der Waals surface area contributed by atoms with Crippen LogP contribution < -0.4 is 16.2 Å². The van der Waals surface area contributed by atoms with Crippen LogP contribution in [0.5, 0.6) is 5.75 Å². The molecule has 72 valence electrons. The number of benzene rings is 1. The molecular weight excluding hydrogens is 164 g/mol. The smallest absolute Gasteiger partial charge is 0.142 e. The van der Waals surface area contributed by atoms with E-state index in [2.05, 4.69) is 0 Å². The average Bonchev–Trinajstić information content (AvgIpc) is 2.12. The summed E-state index contributed by atoms with van der Waals surface area (Å²) in [4.78, 5) is 0. The number of nitrogen functional groups attached to an aromatic ring is 1. The summed E-state index contributed by atoms with van der Waals surface area (Å²) in [5, 5.41) is 0. The van der Waals surface area contributed by atoms with E-state index >= 15 is 0 Å². The summed E-state index contributed by atoms with van der Waals surface area (Å²) in [6, 6.07) is 5.78. The van der Waals surface area contributed by atoms with Crippen molar-refractivity contribution < 1.29 is 4.74 Å². The highest BCUT2D eigenvalue weighted by atomic mass is 16.5. The summed E-state index contributed by atoms with van der Waals surface area (Å²) in [7, 11) is 0. The molecule has 0 aliphatic rings. The van der Waals surface area contributed by atoms with E-state index in [9.17, 15) is 0 Å². The van der Waals surface area contributed by atoms with Crippen molar-refractivity contribution in [2.24, 2.45) is 5.73 Å². The third-order valence-electron chi connectivity index (χ3n) is 1.81. The molecule has 0 saturated heterocycles. The topological polar surface area (TPSA) is 61.3 Å². The third kappa shape index (κ3) is 2.63. The van der Waals surface area contributed by atoms with Crippen LogP contribution in [-0.4, -0.2) is 13.2 Å². The monoisotopic (exact) mass is 180 g/mol. The lowest BCUT2D eigenvalue weighted by molar-refractivity contribution is 0.342. The number of hydrogen-bond donors (Lipinski definition) is 2. The van der Waals surface area contributed by atoms with Crippen molar-refractivity contribution in [3.8, 4) is 5.75 Å². The van der Waals surface area contributed by atoms with Crippen LogP contribution in [0.15, 0.2) is 18.2 Å². The maximum absolute atomic E-state index is 5.72. The van der Waals surface area contributed by atoms with Crippen molar-refractivity contribution in [2.75, 3.05) is 18.9 Å². The van der Waals surface area contributed by atoms with Gasteiger partial charge in [0.05, 0.1) is 12.3 Å². The van der Waals surface area contributed by atoms with Crippen molar-refractivity contribution in [2.45, 2.75) is 13.3 Å². The largest absolute Gasteiger partial charge is 0.492 e. The number of hydrogen-bond acceptors (Lipinski definition) is 3. The molecule has 0 unspecified atom stereocenters. The Bertz CT molecular complexity index is 274. The van der Waals surface area contributed by atoms with Gasteiger partial charge in [0.1, 0.15) is 5.75 Å². The van der Waals surface area contributed by atoms with Gasteiger partial charge in [0.15, 0.2) is 0 Å². The van der Waals surface area contributed by atoms with E-state index < -0.39 is 0 Å². The van der Waals surface area contributed by atoms with Gasteiger partial charge in [-0.2, -0.15) is 0 Å². The summed E-state index contributed by atoms with van der Waals surface area (Å²) in [5.41, 5.74) is 13.0. The van der Waals surface area contributed by atoms with E-state index in [0.717, 1.165) is 12.2 Å². The lowest BCUT2D eigenvalue weighted by Gasteiger charge is -2.08. The lowest BCUT2D eigenvalue weighted by Crippen LogP contribution is -2.04. The second-order valence-electron chi connectivity index (χ2n) is 2.84. The van der Waals surface area contributed by atoms with E-state index in [0.29, 0.717) is 18.8 Å². The molecule has 1 rings (SSSR count). The number of anilines is 1. The Kier molecular flexibility index (Phi) is 3.58. The van der Waals surface area contributed by atoms with Gasteiger partial charge >= 0.3 is 0 Å². The minimum absolute atomic E-state index is 0.635. The Morgan fingerprint density at radius 3 is 2.77 bits per heavy atom. The van der Waals surface area contributed by atoms with Crippen molar-refractivity contribution >= 4 is 5.69 Å². The fourth-order valence-corrected chi connectivity index (χ4v) is 1.18. The lowest BCUT2D eigenvalue weighted by atomic mass is 10.1. The number of ether oxygens (including phenoxy) is 1. The van der Waals surface area contributed by atoms with Crippen LogP contribution in [-0.2, 0) is 6.42 Å². The molecule has 0 spiro atoms. The second kappa shape index (κ2) is 4.72. The van der Waals surface area contributed by atoms with Crippen molar-refractivity contribution in [1.29, 1.82) is 0 Å². The number of nitrogens with two attached hydrogens (primary N) is 2. The molecule has 0 fully saturated rings. The van der Waals surface area contributed by atoms with Crippen LogP contribution in [0.3, 0.4) is 0 Å². The Hall–Kier alpha value is -1.22. The Morgan fingerprint density at radius 1 is 1.38 bits per heavy atom. The molecule has 3 nitrogen and oxygen atoms in total. The highest BCUT2D eigenvalue weighted by Crippen LogP contribution is 2.22. The maximum atomic E-state index is 5.72. The second-order valence-corrected chi connectivity index (χ2v) is 2.84. The Balaban J connectivity index is 2.83. The van der Waals surface area contributed by atoms with Crippen LogP contribution in [0.25, 0.3) is 0 Å². The molecule has 0 aliphatic carbocycles. The molecule has 3 heteroatoms. The van der Waals surface area contributed by atoms with Gasteiger partial charge in [0.2, 0.25) is 0 Å². The predicted octanol–water partition coefficient (Wildman–Crippen LogP) is 1.17. The fraction of sp³-hybridized carbons (Fsp3) is 0.400. The van der Waals surface area contributed by atoms with Gasteiger partial charge in [-0.1, -0.05) is 6.07 Å². The zero-order valence-electron chi connectivity index (χ0n) is 7.92. The van der Waals surface area contributed by atoms with Crippen LogP contribution in [0.2, 0.25) is 0 Å². The quantitative estimate of drug-likeness (QED) is 0.684. The standard InChI is InChI=1S/C10H16N2O/c1-2-13-10-7-8(5-6-11)3-4-9(10)12/h3-4,7H,2,5-6,11-12H2,1H3. The fourth-order valence-electron chi connectivity index (χ4n) is 1.18. The van der Waals surface area contributed by atoms with Crippen LogP contribution in [0.4, 0.5) is 5.69 Å². The SMILES string of the molecule is CCOc1cc(CCN)ccc1N. The summed E-state index contributed by atoms with van der Waals surface area (Å²) >= 11 is 0. The molecule has 1 aromatic carbocycles. The molecule has 0 bridgehead atoms. The van der Waals surface area contributed by atoms with E-state index in [1.807, 2.05) is 25.1 Å². The Labute approximate surface area is 78.7 Å². The summed E-state index contributed by atoms with van der Waals surface area (Å²) in [6.07, 6.45) is 0.861. The van der Waals surface area contributed by atoms with Gasteiger partial charge < -0.3 is 16.2 Å². The average molecular weight is 180 g/mol. The summed E-state index contributed by atoms with van der Waals surface area (Å²) in [6.45, 7) is 3.22. The molecule has 0 atom stereocenters. The number of rotatable bonds is 4. The van der Waals surface area contributed by atoms with Gasteiger partial charge in [-0.25, -0.2) is 0 Å². The molecule has 0 saturated carbocycles. The van der Waals surface area contributed by atoms with Gasteiger partial charge in [0, 0.05) is 0 Å². The van der Waals surface area contributed by atoms with E-state index in [1.54, 1.807) is 0 Å². The highest BCUT2D eigenvalue weighted by molar-refractivity contribution is 5.53. The van der Waals surface area contributed by atoms with Crippen LogP contribution in [0.1, 0.15) is 12.5 Å². The van der Waals surface area contributed by atoms with Crippen LogP contribution >= 0.6 is 0 Å². The van der Waals surface area contributed by atoms with E-state index in [4.69, 9.17) is 16.2 Å². The van der Waals surface area contributed by atoms with Crippen molar-refractivity contribution in [3.05, 3.63) is 23.8 Å². The minimum Gasteiger partial charge on any atom is -0.492 e. The van der Waals surface area contributed by atoms with Crippen LogP contribution in [0, 0.1) is 0 Å². The zero-order valence-corrected chi connectivity index (χ0v) is 7.92. The first-order valence-corrected chi connectivity index (χ1v) is 4.49. The molecule has 0 amide bonds. The molecule has 0 heterocycles. The first-order valence-electron chi connectivity index (χ1n) is 4.49. The van der Waals surface area contributed by atoms with Gasteiger partial charge in [-0.3, -0.25) is 0 Å². The molecule has 4 N–H and O–H groups in total. The molecule has 1 aromatic rings. The first-order chi connectivity index (χ1) is 6.27. The Morgan fingerprint density at radius 2 is 2.15 bits per heavy atom. The van der Waals surface area contributed by atoms with E-state index in [1.165, 1.54) is 5.56 Å². The van der Waals surface area contributed by atoms with E-state index in [-0.39, 0.29) is 0 Å². The summed E-state index contributed by atoms with van der Waals surface area (Å²) < 4.78 is 5.36. The molecule has 0 aliphatic heterocycles. The van der Waals surface area contributed by atoms with Crippen molar-refractivity contribution in [1.82, 2.24) is 0 Å². The predicted molar refractivity (Wildman–Crippen MR) is 54.8 cm³/mol. The maximum Gasteiger partial charge on any atom is 0.142 e. The van der Waals surface area contributed by atoms with Gasteiger partial charge in [-0.05, 0) is 37.6 Å². The minimum atomic E-state index is 0.635. The first kappa shape index (κ1) is 9.86. The van der Waals surface area contributed by atoms with Gasteiger partial charge in [-0.15, -0.1) is 0 Å². The zero-order chi connectivity index (χ0) is 9.68. The summed E-state index contributed by atoms with van der Waals surface area (Å²) in [5.74, 6) is 0.758. The molecular formula is C10H16N2O. The normalized spacial score (nSPS) is 10.0.